The molecule has 0 radical (unpaired) electrons. The van der Waals surface area contributed by atoms with Crippen LogP contribution >= 0.6 is 11.6 Å². The van der Waals surface area contributed by atoms with Crippen molar-refractivity contribution >= 4 is 45.8 Å². The van der Waals surface area contributed by atoms with E-state index in [0.29, 0.717) is 46.9 Å². The van der Waals surface area contributed by atoms with Crippen molar-refractivity contribution in [2.45, 2.75) is 13.3 Å². The molecule has 34 heavy (non-hydrogen) atoms. The summed E-state index contributed by atoms with van der Waals surface area (Å²) in [5.41, 5.74) is 1.67. The number of anilines is 2. The second kappa shape index (κ2) is 12.1. The van der Waals surface area contributed by atoms with Crippen LogP contribution in [0.25, 0.3) is 10.9 Å². The monoisotopic (exact) mass is 487 g/mol. The summed E-state index contributed by atoms with van der Waals surface area (Å²) in [4.78, 5) is 32.4. The second-order valence-electron chi connectivity index (χ2n) is 7.00. The number of esters is 1. The molecule has 1 aromatic heterocycles. The van der Waals surface area contributed by atoms with Crippen LogP contribution in [0.3, 0.4) is 0 Å². The standard InChI is InChI=1S/C24H23ClFN3O5/c1-3-33-8-9-34-22-13-21-18(11-15(22)10-17(30)5-7-23(31)32-2)24(28-14-27-21)29-16-4-6-20(26)19(25)12-16/h4-7,11-14H,3,8-10H2,1-2H3,(H,27,28,29)/b7-5+. The van der Waals surface area contributed by atoms with Gasteiger partial charge in [0.2, 0.25) is 0 Å². The van der Waals surface area contributed by atoms with Crippen molar-refractivity contribution in [3.63, 3.8) is 0 Å². The molecule has 0 saturated heterocycles. The number of nitrogens with one attached hydrogen (secondary N) is 1. The molecule has 2 aromatic carbocycles. The van der Waals surface area contributed by atoms with Gasteiger partial charge in [-0.1, -0.05) is 11.6 Å². The minimum Gasteiger partial charge on any atom is -0.491 e. The Hall–Kier alpha value is -3.56. The third-order valence-electron chi connectivity index (χ3n) is 4.66. The van der Waals surface area contributed by atoms with Gasteiger partial charge in [-0.2, -0.15) is 0 Å². The minimum atomic E-state index is -0.627. The van der Waals surface area contributed by atoms with Crippen LogP contribution in [0.15, 0.2) is 48.8 Å². The lowest BCUT2D eigenvalue weighted by molar-refractivity contribution is -0.135. The zero-order chi connectivity index (χ0) is 24.5. The van der Waals surface area contributed by atoms with Gasteiger partial charge in [0.15, 0.2) is 5.78 Å². The smallest absolute Gasteiger partial charge is 0.330 e. The summed E-state index contributed by atoms with van der Waals surface area (Å²) in [6.45, 7) is 3.10. The highest BCUT2D eigenvalue weighted by Gasteiger charge is 2.14. The lowest BCUT2D eigenvalue weighted by Gasteiger charge is -2.14. The SMILES string of the molecule is CCOCCOc1cc2ncnc(Nc3ccc(F)c(Cl)c3)c2cc1CC(=O)/C=C/C(=O)OC. The van der Waals surface area contributed by atoms with Crippen LogP contribution in [0.2, 0.25) is 5.02 Å². The molecule has 3 rings (SSSR count). The Morgan fingerprint density at radius 2 is 1.97 bits per heavy atom. The first-order valence-corrected chi connectivity index (χ1v) is 10.8. The van der Waals surface area contributed by atoms with Crippen molar-refractivity contribution in [1.29, 1.82) is 0 Å². The number of fused-ring (bicyclic) bond motifs is 1. The molecule has 0 fully saturated rings. The van der Waals surface area contributed by atoms with Gasteiger partial charge < -0.3 is 19.5 Å². The predicted octanol–water partition coefficient (Wildman–Crippen LogP) is 4.42. The zero-order valence-corrected chi connectivity index (χ0v) is 19.4. The third-order valence-corrected chi connectivity index (χ3v) is 4.95. The molecule has 1 heterocycles. The minimum absolute atomic E-state index is 0.0305. The molecule has 0 saturated carbocycles. The van der Waals surface area contributed by atoms with Gasteiger partial charge in [-0.05, 0) is 37.3 Å². The van der Waals surface area contributed by atoms with E-state index < -0.39 is 11.8 Å². The van der Waals surface area contributed by atoms with E-state index in [4.69, 9.17) is 21.1 Å². The number of hydrogen-bond donors (Lipinski definition) is 1. The first-order valence-electron chi connectivity index (χ1n) is 10.4. The van der Waals surface area contributed by atoms with Gasteiger partial charge in [0.1, 0.15) is 30.3 Å². The van der Waals surface area contributed by atoms with E-state index in [9.17, 15) is 14.0 Å². The van der Waals surface area contributed by atoms with Gasteiger partial charge in [0.05, 0.1) is 24.3 Å². The van der Waals surface area contributed by atoms with Gasteiger partial charge in [-0.3, -0.25) is 4.79 Å². The summed E-state index contributed by atoms with van der Waals surface area (Å²) < 4.78 is 29.2. The number of carbonyl (C=O) groups excluding carboxylic acids is 2. The summed E-state index contributed by atoms with van der Waals surface area (Å²) in [6.07, 6.45) is 3.56. The quantitative estimate of drug-likeness (QED) is 0.241. The number of methoxy groups -OCH3 is 1. The fraction of sp³-hybridized carbons (Fsp3) is 0.250. The Labute approximate surface area is 200 Å². The topological polar surface area (TPSA) is 99.6 Å². The largest absolute Gasteiger partial charge is 0.491 e. The lowest BCUT2D eigenvalue weighted by Crippen LogP contribution is -2.10. The summed E-state index contributed by atoms with van der Waals surface area (Å²) in [7, 11) is 1.23. The third kappa shape index (κ3) is 6.72. The van der Waals surface area contributed by atoms with Crippen LogP contribution in [0, 0.1) is 5.82 Å². The number of carbonyl (C=O) groups is 2. The maximum atomic E-state index is 13.5. The average molecular weight is 488 g/mol. The first kappa shape index (κ1) is 25.1. The van der Waals surface area contributed by atoms with Gasteiger partial charge >= 0.3 is 5.97 Å². The summed E-state index contributed by atoms with van der Waals surface area (Å²) in [6, 6.07) is 7.66. The van der Waals surface area contributed by atoms with Crippen LogP contribution in [0.4, 0.5) is 15.9 Å². The number of allylic oxidation sites excluding steroid dienone is 1. The second-order valence-corrected chi connectivity index (χ2v) is 7.41. The lowest BCUT2D eigenvalue weighted by atomic mass is 10.0. The van der Waals surface area contributed by atoms with Crippen LogP contribution in [-0.4, -0.2) is 48.7 Å². The van der Waals surface area contributed by atoms with E-state index >= 15 is 0 Å². The van der Waals surface area contributed by atoms with Crippen LogP contribution in [0.1, 0.15) is 12.5 Å². The molecule has 1 N–H and O–H groups in total. The highest BCUT2D eigenvalue weighted by molar-refractivity contribution is 6.31. The molecule has 0 aliphatic carbocycles. The Bertz CT molecular complexity index is 1220. The van der Waals surface area contributed by atoms with Gasteiger partial charge in [-0.15, -0.1) is 0 Å². The Kier molecular flexibility index (Phi) is 8.89. The number of ether oxygens (including phenoxy) is 3. The Balaban J connectivity index is 1.96. The van der Waals surface area contributed by atoms with E-state index in [-0.39, 0.29) is 23.8 Å². The van der Waals surface area contributed by atoms with Crippen molar-refractivity contribution < 1.29 is 28.2 Å². The van der Waals surface area contributed by atoms with Crippen molar-refractivity contribution in [1.82, 2.24) is 9.97 Å². The van der Waals surface area contributed by atoms with Gasteiger partial charge in [-0.25, -0.2) is 19.2 Å². The molecule has 0 atom stereocenters. The van der Waals surface area contributed by atoms with E-state index in [0.717, 1.165) is 12.2 Å². The van der Waals surface area contributed by atoms with E-state index in [1.807, 2.05) is 6.92 Å². The molecule has 10 heteroatoms. The average Bonchev–Trinajstić information content (AvgIpc) is 2.83. The molecule has 0 aliphatic rings. The van der Waals surface area contributed by atoms with Crippen molar-refractivity contribution in [3.8, 4) is 5.75 Å². The maximum Gasteiger partial charge on any atom is 0.330 e. The fourth-order valence-electron chi connectivity index (χ4n) is 3.04. The number of halogens is 2. The molecular formula is C24H23ClFN3O5. The maximum absolute atomic E-state index is 13.5. The van der Waals surface area contributed by atoms with E-state index in [1.165, 1.54) is 31.6 Å². The molecule has 0 unspecified atom stereocenters. The molecule has 3 aromatic rings. The Morgan fingerprint density at radius 1 is 1.15 bits per heavy atom. The van der Waals surface area contributed by atoms with Crippen LogP contribution < -0.4 is 10.1 Å². The molecule has 0 aliphatic heterocycles. The highest BCUT2D eigenvalue weighted by atomic mass is 35.5. The van der Waals surface area contributed by atoms with Gasteiger partial charge in [0, 0.05) is 41.8 Å². The summed E-state index contributed by atoms with van der Waals surface area (Å²) in [5.74, 6) is -0.586. The van der Waals surface area contributed by atoms with Gasteiger partial charge in [0.25, 0.3) is 0 Å². The summed E-state index contributed by atoms with van der Waals surface area (Å²) >= 11 is 5.88. The Morgan fingerprint density at radius 3 is 2.71 bits per heavy atom. The zero-order valence-electron chi connectivity index (χ0n) is 18.6. The molecule has 178 valence electrons. The molecular weight excluding hydrogens is 465 g/mol. The molecule has 8 nitrogen and oxygen atoms in total. The number of benzene rings is 2. The van der Waals surface area contributed by atoms with E-state index in [1.54, 1.807) is 12.1 Å². The van der Waals surface area contributed by atoms with Crippen molar-refractivity contribution in [2.75, 3.05) is 32.2 Å². The van der Waals surface area contributed by atoms with Crippen LogP contribution in [0.5, 0.6) is 5.75 Å². The predicted molar refractivity (Wildman–Crippen MR) is 126 cm³/mol. The first-order chi connectivity index (χ1) is 16.4. The molecule has 0 spiro atoms. The van der Waals surface area contributed by atoms with Crippen molar-refractivity contribution in [3.05, 3.63) is 65.2 Å². The number of nitrogens with zero attached hydrogens (tertiary/aromatic N) is 2. The number of rotatable bonds is 11. The molecule has 0 bridgehead atoms. The fourth-order valence-corrected chi connectivity index (χ4v) is 3.22. The number of ketones is 1. The summed E-state index contributed by atoms with van der Waals surface area (Å²) in [5, 5.41) is 3.68. The molecule has 0 amide bonds. The normalized spacial score (nSPS) is 11.1. The number of aromatic nitrogens is 2. The van der Waals surface area contributed by atoms with E-state index in [2.05, 4.69) is 20.0 Å². The number of hydrogen-bond acceptors (Lipinski definition) is 8. The van der Waals surface area contributed by atoms with Crippen LogP contribution in [-0.2, 0) is 25.5 Å². The van der Waals surface area contributed by atoms with Crippen molar-refractivity contribution in [2.24, 2.45) is 0 Å². The highest BCUT2D eigenvalue weighted by Crippen LogP contribution is 2.31.